The SMILES string of the molecule is CC(C)(C)OC(=O)N=C(OC(=O)NC(=O)OC(C)(C)C)c1cnc(=O)[nH]c1N(C(=O)OC(C)(C)C)C(=O)OC(C)(C)C. The molecule has 0 bridgehead atoms. The van der Waals surface area contributed by atoms with Gasteiger partial charge in [-0.15, -0.1) is 4.99 Å². The van der Waals surface area contributed by atoms with E-state index in [-0.39, 0.29) is 0 Å². The van der Waals surface area contributed by atoms with E-state index in [0.29, 0.717) is 4.90 Å². The summed E-state index contributed by atoms with van der Waals surface area (Å²) in [6.07, 6.45) is -5.82. The van der Waals surface area contributed by atoms with Gasteiger partial charge in [0, 0.05) is 6.20 Å². The number of aromatic amines is 1. The van der Waals surface area contributed by atoms with Crippen LogP contribution in [0.5, 0.6) is 0 Å². The number of hydrogen-bond acceptors (Lipinski definition) is 12. The Morgan fingerprint density at radius 1 is 0.738 bits per heavy atom. The highest BCUT2D eigenvalue weighted by Gasteiger charge is 2.37. The summed E-state index contributed by atoms with van der Waals surface area (Å²) >= 11 is 0. The van der Waals surface area contributed by atoms with E-state index in [1.807, 2.05) is 0 Å². The van der Waals surface area contributed by atoms with Crippen molar-refractivity contribution in [3.63, 3.8) is 0 Å². The molecule has 234 valence electrons. The molecule has 5 amide bonds. The third-order valence-corrected chi connectivity index (χ3v) is 3.78. The molecule has 1 aromatic heterocycles. The number of aliphatic imine (C=N–C) groups is 1. The van der Waals surface area contributed by atoms with Crippen LogP contribution >= 0.6 is 0 Å². The van der Waals surface area contributed by atoms with Crippen LogP contribution in [0.1, 0.15) is 88.6 Å². The lowest BCUT2D eigenvalue weighted by molar-refractivity contribution is 0.0425. The van der Waals surface area contributed by atoms with Crippen molar-refractivity contribution in [2.24, 2.45) is 4.99 Å². The maximum Gasteiger partial charge on any atom is 0.437 e. The number of amides is 5. The maximum absolute atomic E-state index is 13.2. The van der Waals surface area contributed by atoms with E-state index in [2.05, 4.69) is 15.0 Å². The van der Waals surface area contributed by atoms with Gasteiger partial charge in [0.25, 0.3) is 0 Å². The van der Waals surface area contributed by atoms with E-state index < -0.39 is 75.8 Å². The van der Waals surface area contributed by atoms with Gasteiger partial charge in [-0.2, -0.15) is 4.90 Å². The molecule has 0 atom stereocenters. The van der Waals surface area contributed by atoms with Crippen LogP contribution < -0.4 is 15.9 Å². The van der Waals surface area contributed by atoms with Gasteiger partial charge in [0.2, 0.25) is 5.90 Å². The smallest absolute Gasteiger partial charge is 0.437 e. The lowest BCUT2D eigenvalue weighted by Crippen LogP contribution is -2.45. The lowest BCUT2D eigenvalue weighted by Gasteiger charge is -2.29. The van der Waals surface area contributed by atoms with E-state index in [1.165, 1.54) is 62.3 Å². The van der Waals surface area contributed by atoms with E-state index >= 15 is 0 Å². The summed E-state index contributed by atoms with van der Waals surface area (Å²) in [5.74, 6) is -1.62. The molecule has 0 fully saturated rings. The van der Waals surface area contributed by atoms with Crippen molar-refractivity contribution in [1.29, 1.82) is 0 Å². The Bertz CT molecular complexity index is 1260. The first-order chi connectivity index (χ1) is 18.8. The highest BCUT2D eigenvalue weighted by molar-refractivity contribution is 6.15. The van der Waals surface area contributed by atoms with Crippen molar-refractivity contribution in [3.05, 3.63) is 22.2 Å². The van der Waals surface area contributed by atoms with Crippen molar-refractivity contribution >= 4 is 42.2 Å². The molecule has 0 aromatic carbocycles. The largest absolute Gasteiger partial charge is 0.443 e. The number of ether oxygens (including phenoxy) is 5. The van der Waals surface area contributed by atoms with Crippen LogP contribution in [0.2, 0.25) is 0 Å². The third kappa shape index (κ3) is 13.2. The molecule has 0 spiro atoms. The fourth-order valence-electron chi connectivity index (χ4n) is 2.60. The average molecular weight is 598 g/mol. The molecule has 2 N–H and O–H groups in total. The summed E-state index contributed by atoms with van der Waals surface area (Å²) < 4.78 is 25.9. The number of H-pyrrole nitrogens is 1. The van der Waals surface area contributed by atoms with Gasteiger partial charge in [-0.05, 0) is 83.1 Å². The number of carbonyl (C=O) groups excluding carboxylic acids is 5. The van der Waals surface area contributed by atoms with Crippen molar-refractivity contribution < 1.29 is 47.7 Å². The van der Waals surface area contributed by atoms with E-state index in [9.17, 15) is 28.8 Å². The van der Waals surface area contributed by atoms with Gasteiger partial charge in [0.15, 0.2) is 0 Å². The second kappa shape index (κ2) is 13.0. The first-order valence-corrected chi connectivity index (χ1v) is 12.7. The van der Waals surface area contributed by atoms with Gasteiger partial charge in [-0.3, -0.25) is 4.98 Å². The maximum atomic E-state index is 13.2. The van der Waals surface area contributed by atoms with Crippen LogP contribution in [0.3, 0.4) is 0 Å². The summed E-state index contributed by atoms with van der Waals surface area (Å²) in [4.78, 5) is 85.7. The van der Waals surface area contributed by atoms with Gasteiger partial charge in [-0.25, -0.2) is 39.1 Å². The Kier molecular flexibility index (Phi) is 11.0. The number of nitrogens with zero attached hydrogens (tertiary/aromatic N) is 3. The summed E-state index contributed by atoms with van der Waals surface area (Å²) in [6, 6.07) is 0. The van der Waals surface area contributed by atoms with E-state index in [4.69, 9.17) is 23.7 Å². The van der Waals surface area contributed by atoms with Crippen LogP contribution in [-0.4, -0.2) is 68.7 Å². The molecule has 1 heterocycles. The van der Waals surface area contributed by atoms with E-state index in [1.54, 1.807) is 26.1 Å². The highest BCUT2D eigenvalue weighted by atomic mass is 16.6. The summed E-state index contributed by atoms with van der Waals surface area (Å²) in [5, 5.41) is 1.78. The summed E-state index contributed by atoms with van der Waals surface area (Å²) in [5.41, 5.74) is -5.87. The fourth-order valence-corrected chi connectivity index (χ4v) is 2.60. The molecular weight excluding hydrogens is 558 g/mol. The van der Waals surface area contributed by atoms with Crippen LogP contribution in [0.4, 0.5) is 29.8 Å². The standard InChI is InChI=1S/C26H39N5O11/c1-23(2,3)39-19(34)29-16(38-18(33)30-20(35)40-24(4,5)6)14-13-27-17(32)28-15(14)31(21(36)41-25(7,8)9)22(37)42-26(10,11)12/h13H,1-12H3,(H,27,28,32)(H,30,33,35). The van der Waals surface area contributed by atoms with Gasteiger partial charge in [-0.1, -0.05) is 0 Å². The monoisotopic (exact) mass is 597 g/mol. The summed E-state index contributed by atoms with van der Waals surface area (Å²) in [7, 11) is 0. The minimum atomic E-state index is -1.48. The van der Waals surface area contributed by atoms with Gasteiger partial charge in [0.1, 0.15) is 28.2 Å². The Morgan fingerprint density at radius 2 is 1.19 bits per heavy atom. The predicted molar refractivity (Wildman–Crippen MR) is 148 cm³/mol. The topological polar surface area (TPSA) is 205 Å². The number of hydrogen-bond donors (Lipinski definition) is 2. The average Bonchev–Trinajstić information content (AvgIpc) is 2.67. The lowest BCUT2D eigenvalue weighted by atomic mass is 10.2. The van der Waals surface area contributed by atoms with Crippen molar-refractivity contribution in [2.75, 3.05) is 4.90 Å². The highest BCUT2D eigenvalue weighted by Crippen LogP contribution is 2.24. The van der Waals surface area contributed by atoms with Gasteiger partial charge < -0.3 is 23.7 Å². The zero-order chi connectivity index (χ0) is 32.8. The molecule has 0 unspecified atom stereocenters. The van der Waals surface area contributed by atoms with Crippen LogP contribution in [0.25, 0.3) is 0 Å². The Morgan fingerprint density at radius 3 is 1.62 bits per heavy atom. The Balaban J connectivity index is 3.82. The quantitative estimate of drug-likeness (QED) is 0.268. The molecule has 16 nitrogen and oxygen atoms in total. The van der Waals surface area contributed by atoms with E-state index in [0.717, 1.165) is 6.20 Å². The molecule has 0 saturated heterocycles. The minimum Gasteiger partial charge on any atom is -0.443 e. The number of anilines is 1. The summed E-state index contributed by atoms with van der Waals surface area (Å²) in [6.45, 7) is 18.4. The van der Waals surface area contributed by atoms with Crippen molar-refractivity contribution in [2.45, 2.75) is 105 Å². The van der Waals surface area contributed by atoms with Gasteiger partial charge >= 0.3 is 36.2 Å². The molecule has 0 aliphatic carbocycles. The molecule has 0 aliphatic rings. The Hall–Kier alpha value is -4.50. The fraction of sp³-hybridized carbons (Fsp3) is 0.615. The number of rotatable bonds is 2. The number of imide groups is 2. The molecule has 1 aromatic rings. The van der Waals surface area contributed by atoms with Crippen LogP contribution in [0.15, 0.2) is 16.0 Å². The second-order valence-electron chi connectivity index (χ2n) is 12.7. The molecule has 0 saturated carbocycles. The number of carbonyl (C=O) groups is 5. The number of alkyl carbamates (subject to hydrolysis) is 2. The van der Waals surface area contributed by atoms with Crippen LogP contribution in [-0.2, 0) is 23.7 Å². The predicted octanol–water partition coefficient (Wildman–Crippen LogP) is 4.79. The Labute approximate surface area is 243 Å². The molecule has 0 radical (unpaired) electrons. The minimum absolute atomic E-state index is 0.300. The van der Waals surface area contributed by atoms with Crippen molar-refractivity contribution in [1.82, 2.24) is 15.3 Å². The first kappa shape index (κ1) is 35.5. The zero-order valence-corrected chi connectivity index (χ0v) is 25.9. The third-order valence-electron chi connectivity index (χ3n) is 3.78. The normalized spacial score (nSPS) is 12.5. The molecule has 0 aliphatic heterocycles. The molecular formula is C26H39N5O11. The van der Waals surface area contributed by atoms with Crippen molar-refractivity contribution in [3.8, 4) is 0 Å². The number of nitrogens with one attached hydrogen (secondary N) is 2. The second-order valence-corrected chi connectivity index (χ2v) is 12.7. The molecule has 1 rings (SSSR count). The van der Waals surface area contributed by atoms with Gasteiger partial charge in [0.05, 0.1) is 5.56 Å². The first-order valence-electron chi connectivity index (χ1n) is 12.7. The number of aromatic nitrogens is 2. The molecule has 16 heteroatoms. The van der Waals surface area contributed by atoms with Crippen LogP contribution in [0, 0.1) is 0 Å². The zero-order valence-electron chi connectivity index (χ0n) is 25.9. The molecule has 42 heavy (non-hydrogen) atoms.